The lowest BCUT2D eigenvalue weighted by Gasteiger charge is -2.10. The van der Waals surface area contributed by atoms with Gasteiger partial charge in [0.25, 0.3) is 5.91 Å². The molecule has 8 heteroatoms. The summed E-state index contributed by atoms with van der Waals surface area (Å²) in [5, 5.41) is 11.9. The molecule has 0 radical (unpaired) electrons. The molecule has 7 rings (SSSR count). The Morgan fingerprint density at radius 3 is 2.41 bits per heavy atom. The maximum Gasteiger partial charge on any atom is 0.273 e. The van der Waals surface area contributed by atoms with E-state index >= 15 is 0 Å². The van der Waals surface area contributed by atoms with Gasteiger partial charge in [0, 0.05) is 42.1 Å². The van der Waals surface area contributed by atoms with E-state index in [1.807, 2.05) is 48.5 Å². The molecule has 1 amide bonds. The number of imidazole rings is 1. The minimum Gasteiger partial charge on any atom is -0.448 e. The van der Waals surface area contributed by atoms with E-state index in [1.165, 1.54) is 11.6 Å². The number of hydrogen-bond acceptors (Lipinski definition) is 6. The van der Waals surface area contributed by atoms with Gasteiger partial charge in [0.05, 0.1) is 28.8 Å². The number of aromatic nitrogens is 4. The number of nitrogens with one attached hydrogen (secondary N) is 3. The van der Waals surface area contributed by atoms with Gasteiger partial charge in [0.2, 0.25) is 0 Å². The van der Waals surface area contributed by atoms with Crippen molar-refractivity contribution in [3.63, 3.8) is 0 Å². The minimum atomic E-state index is -0.288. The summed E-state index contributed by atoms with van der Waals surface area (Å²) >= 11 is 0. The quantitative estimate of drug-likeness (QED) is 0.160. The van der Waals surface area contributed by atoms with Crippen LogP contribution in [0.3, 0.4) is 0 Å². The van der Waals surface area contributed by atoms with Crippen molar-refractivity contribution < 1.29 is 9.21 Å². The number of para-hydroxylation sites is 1. The smallest absolute Gasteiger partial charge is 0.273 e. The number of carbonyl (C=O) groups excluding carboxylic acids is 1. The average Bonchev–Trinajstić information content (AvgIpc) is 3.67. The number of nitrogens with zero attached hydrogens (tertiary/aromatic N) is 3. The summed E-state index contributed by atoms with van der Waals surface area (Å²) in [5.74, 6) is 1.18. The number of H-pyrrole nitrogens is 1. The second kappa shape index (κ2) is 10.8. The van der Waals surface area contributed by atoms with Gasteiger partial charge < -0.3 is 20.0 Å². The van der Waals surface area contributed by atoms with E-state index in [9.17, 15) is 4.79 Å². The standard InChI is InChI=1S/C33H28N6O2/c40-33(35-19-28-25-11-4-3-9-23(25)24-10-5-6-12-26(24)36-28)29-20-41-31(38-29)16-18-34-17-15-30-37-27-14-13-21-7-1-2-8-22(21)32(27)39-30/h1-14,20,34H,15-19H2,(H,35,40)(H,37,39). The topological polar surface area (TPSA) is 109 Å². The first-order chi connectivity index (χ1) is 20.2. The molecule has 202 valence electrons. The number of amides is 1. The zero-order valence-corrected chi connectivity index (χ0v) is 22.4. The van der Waals surface area contributed by atoms with Crippen LogP contribution in [0.4, 0.5) is 0 Å². The zero-order valence-electron chi connectivity index (χ0n) is 22.4. The first-order valence-corrected chi connectivity index (χ1v) is 13.8. The van der Waals surface area contributed by atoms with Crippen LogP contribution in [0.5, 0.6) is 0 Å². The predicted octanol–water partition coefficient (Wildman–Crippen LogP) is 5.71. The lowest BCUT2D eigenvalue weighted by Crippen LogP contribution is -2.24. The van der Waals surface area contributed by atoms with E-state index in [0.717, 1.165) is 62.6 Å². The van der Waals surface area contributed by atoms with Gasteiger partial charge in [-0.1, -0.05) is 72.8 Å². The van der Waals surface area contributed by atoms with Gasteiger partial charge in [-0.25, -0.2) is 9.97 Å². The molecule has 0 fully saturated rings. The number of fused-ring (bicyclic) bond motifs is 6. The van der Waals surface area contributed by atoms with Crippen LogP contribution in [0.25, 0.3) is 43.5 Å². The summed E-state index contributed by atoms with van der Waals surface area (Å²) in [7, 11) is 0. The summed E-state index contributed by atoms with van der Waals surface area (Å²) in [6.07, 6.45) is 2.77. The van der Waals surface area contributed by atoms with Crippen LogP contribution >= 0.6 is 0 Å². The van der Waals surface area contributed by atoms with Crippen LogP contribution in [0.1, 0.15) is 27.9 Å². The van der Waals surface area contributed by atoms with Gasteiger partial charge in [0.15, 0.2) is 11.6 Å². The third-order valence-electron chi connectivity index (χ3n) is 7.37. The molecule has 0 spiro atoms. The molecule has 0 saturated carbocycles. The minimum absolute atomic E-state index is 0.264. The second-order valence-corrected chi connectivity index (χ2v) is 10.0. The average molecular weight is 541 g/mol. The van der Waals surface area contributed by atoms with Gasteiger partial charge in [0.1, 0.15) is 12.1 Å². The van der Waals surface area contributed by atoms with E-state index in [0.29, 0.717) is 25.4 Å². The normalized spacial score (nSPS) is 11.6. The number of rotatable bonds is 9. The SMILES string of the molecule is O=C(NCc1nc2ccccc2c2ccccc12)c1coc(CCNCCc2nc3c(ccc4ccccc43)[nH]2)n1. The highest BCUT2D eigenvalue weighted by Gasteiger charge is 2.14. The summed E-state index contributed by atoms with van der Waals surface area (Å²) < 4.78 is 5.57. The molecule has 0 unspecified atom stereocenters. The van der Waals surface area contributed by atoms with Gasteiger partial charge in [-0.05, 0) is 22.9 Å². The highest BCUT2D eigenvalue weighted by Crippen LogP contribution is 2.26. The van der Waals surface area contributed by atoms with Crippen LogP contribution in [-0.4, -0.2) is 38.9 Å². The van der Waals surface area contributed by atoms with Crippen LogP contribution in [0.15, 0.2) is 95.6 Å². The van der Waals surface area contributed by atoms with Crippen molar-refractivity contribution in [1.29, 1.82) is 0 Å². The van der Waals surface area contributed by atoms with Crippen LogP contribution in [0.2, 0.25) is 0 Å². The maximum atomic E-state index is 12.8. The molecule has 3 aromatic heterocycles. The lowest BCUT2D eigenvalue weighted by molar-refractivity contribution is 0.0945. The number of aromatic amines is 1. The number of carbonyl (C=O) groups is 1. The van der Waals surface area contributed by atoms with Crippen molar-refractivity contribution in [2.45, 2.75) is 19.4 Å². The Morgan fingerprint density at radius 1 is 0.756 bits per heavy atom. The number of pyridine rings is 1. The lowest BCUT2D eigenvalue weighted by atomic mass is 10.0. The van der Waals surface area contributed by atoms with Crippen molar-refractivity contribution in [1.82, 2.24) is 30.6 Å². The molecule has 3 N–H and O–H groups in total. The molecular formula is C33H28N6O2. The molecule has 8 nitrogen and oxygen atoms in total. The Labute approximate surface area is 235 Å². The predicted molar refractivity (Wildman–Crippen MR) is 161 cm³/mol. The van der Waals surface area contributed by atoms with Gasteiger partial charge in [-0.3, -0.25) is 9.78 Å². The first-order valence-electron chi connectivity index (χ1n) is 13.8. The molecule has 3 heterocycles. The highest BCUT2D eigenvalue weighted by atomic mass is 16.3. The maximum absolute atomic E-state index is 12.8. The molecule has 0 atom stereocenters. The van der Waals surface area contributed by atoms with E-state index in [2.05, 4.69) is 57.0 Å². The molecule has 41 heavy (non-hydrogen) atoms. The van der Waals surface area contributed by atoms with Crippen LogP contribution in [0, 0.1) is 0 Å². The molecular weight excluding hydrogens is 512 g/mol. The summed E-state index contributed by atoms with van der Waals surface area (Å²) in [4.78, 5) is 30.3. The highest BCUT2D eigenvalue weighted by molar-refractivity contribution is 6.07. The fourth-order valence-corrected chi connectivity index (χ4v) is 5.33. The Kier molecular flexibility index (Phi) is 6.58. The number of oxazole rings is 1. The number of hydrogen-bond donors (Lipinski definition) is 3. The van der Waals surface area contributed by atoms with E-state index in [4.69, 9.17) is 14.4 Å². The summed E-state index contributed by atoms with van der Waals surface area (Å²) in [5.41, 5.74) is 4.04. The largest absolute Gasteiger partial charge is 0.448 e. The molecule has 4 aromatic carbocycles. The van der Waals surface area contributed by atoms with E-state index in [-0.39, 0.29) is 11.6 Å². The molecule has 0 aliphatic heterocycles. The van der Waals surface area contributed by atoms with Crippen molar-refractivity contribution in [2.75, 3.05) is 13.1 Å². The fourth-order valence-electron chi connectivity index (χ4n) is 5.33. The van der Waals surface area contributed by atoms with Crippen LogP contribution in [-0.2, 0) is 19.4 Å². The Bertz CT molecular complexity index is 2030. The van der Waals surface area contributed by atoms with Crippen molar-refractivity contribution >= 4 is 49.4 Å². The van der Waals surface area contributed by atoms with Crippen molar-refractivity contribution in [3.05, 3.63) is 114 Å². The Balaban J connectivity index is 0.926. The number of benzene rings is 4. The van der Waals surface area contributed by atoms with Crippen molar-refractivity contribution in [2.24, 2.45) is 0 Å². The third kappa shape index (κ3) is 5.01. The summed E-state index contributed by atoms with van der Waals surface area (Å²) in [6, 6.07) is 28.7. The molecule has 0 aliphatic carbocycles. The fraction of sp³-hybridized carbons (Fsp3) is 0.152. The summed E-state index contributed by atoms with van der Waals surface area (Å²) in [6.45, 7) is 1.74. The van der Waals surface area contributed by atoms with E-state index in [1.54, 1.807) is 0 Å². The van der Waals surface area contributed by atoms with Gasteiger partial charge in [-0.15, -0.1) is 0 Å². The second-order valence-electron chi connectivity index (χ2n) is 10.0. The molecule has 0 bridgehead atoms. The van der Waals surface area contributed by atoms with Crippen molar-refractivity contribution in [3.8, 4) is 0 Å². The Hall–Kier alpha value is -5.08. The molecule has 0 aliphatic rings. The van der Waals surface area contributed by atoms with Gasteiger partial charge >= 0.3 is 0 Å². The zero-order chi connectivity index (χ0) is 27.6. The van der Waals surface area contributed by atoms with E-state index < -0.39 is 0 Å². The monoisotopic (exact) mass is 540 g/mol. The molecule has 0 saturated heterocycles. The first kappa shape index (κ1) is 24.9. The van der Waals surface area contributed by atoms with Gasteiger partial charge in [-0.2, -0.15) is 0 Å². The Morgan fingerprint density at radius 2 is 1.51 bits per heavy atom. The molecule has 7 aromatic rings. The third-order valence-corrected chi connectivity index (χ3v) is 7.37. The van der Waals surface area contributed by atoms with Crippen LogP contribution < -0.4 is 10.6 Å².